The number of nitrogens with two attached hydrogens (primary N) is 1. The molecule has 1 aromatic rings. The monoisotopic (exact) mass is 281 g/mol. The molecule has 0 aliphatic carbocycles. The van der Waals surface area contributed by atoms with E-state index >= 15 is 0 Å². The Labute approximate surface area is 118 Å². The number of aromatic nitrogens is 1. The van der Waals surface area contributed by atoms with Crippen LogP contribution in [-0.4, -0.2) is 34.6 Å². The Morgan fingerprint density at radius 3 is 2.89 bits per heavy atom. The van der Waals surface area contributed by atoms with Gasteiger partial charge in [0.25, 0.3) is 0 Å². The van der Waals surface area contributed by atoms with Crippen LogP contribution in [0.25, 0.3) is 0 Å². The number of hydrogen-bond donors (Lipinski definition) is 1. The number of anilines is 1. The highest BCUT2D eigenvalue weighted by Crippen LogP contribution is 2.24. The van der Waals surface area contributed by atoms with Crippen LogP contribution in [-0.2, 0) is 0 Å². The summed E-state index contributed by atoms with van der Waals surface area (Å²) in [5.41, 5.74) is 8.97. The topological polar surface area (TPSA) is 42.1 Å². The molecular weight excluding hydrogens is 262 g/mol. The molecule has 1 fully saturated rings. The highest BCUT2D eigenvalue weighted by atomic mass is 32.2. The minimum absolute atomic E-state index is 0.451. The molecule has 1 aromatic heterocycles. The van der Waals surface area contributed by atoms with E-state index in [1.54, 1.807) is 0 Å². The number of rotatable bonds is 2. The molecule has 5 heteroatoms. The zero-order valence-corrected chi connectivity index (χ0v) is 12.5. The second-order valence-corrected chi connectivity index (χ2v) is 6.26. The summed E-state index contributed by atoms with van der Waals surface area (Å²) in [6.07, 6.45) is 1.19. The van der Waals surface area contributed by atoms with E-state index in [0.29, 0.717) is 4.99 Å². The molecule has 0 amide bonds. The van der Waals surface area contributed by atoms with E-state index in [1.807, 2.05) is 24.8 Å². The lowest BCUT2D eigenvalue weighted by molar-refractivity contribution is 0.797. The van der Waals surface area contributed by atoms with Crippen LogP contribution in [0.2, 0.25) is 0 Å². The van der Waals surface area contributed by atoms with Gasteiger partial charge in [-0.2, -0.15) is 11.8 Å². The van der Waals surface area contributed by atoms with Crippen molar-refractivity contribution in [2.45, 2.75) is 20.3 Å². The van der Waals surface area contributed by atoms with E-state index in [2.05, 4.69) is 16.8 Å². The van der Waals surface area contributed by atoms with Crippen LogP contribution in [0.1, 0.15) is 23.2 Å². The van der Waals surface area contributed by atoms with E-state index in [4.69, 9.17) is 18.0 Å². The van der Waals surface area contributed by atoms with Crippen LogP contribution in [0.4, 0.5) is 5.82 Å². The summed E-state index contributed by atoms with van der Waals surface area (Å²) in [7, 11) is 0. The van der Waals surface area contributed by atoms with Gasteiger partial charge in [-0.15, -0.1) is 0 Å². The smallest absolute Gasteiger partial charge is 0.139 e. The van der Waals surface area contributed by atoms with Crippen molar-refractivity contribution in [1.82, 2.24) is 4.98 Å². The Hall–Kier alpha value is -0.810. The maximum atomic E-state index is 5.87. The van der Waals surface area contributed by atoms with Crippen LogP contribution >= 0.6 is 24.0 Å². The molecule has 0 aromatic carbocycles. The van der Waals surface area contributed by atoms with Gasteiger partial charge in [0.2, 0.25) is 0 Å². The van der Waals surface area contributed by atoms with Gasteiger partial charge in [-0.3, -0.25) is 0 Å². The third-order valence-electron chi connectivity index (χ3n) is 3.09. The number of thioether (sulfide) groups is 1. The lowest BCUT2D eigenvalue weighted by Crippen LogP contribution is -2.30. The van der Waals surface area contributed by atoms with Gasteiger partial charge in [0, 0.05) is 24.5 Å². The summed E-state index contributed by atoms with van der Waals surface area (Å²) in [4.78, 5) is 7.45. The van der Waals surface area contributed by atoms with Gasteiger partial charge < -0.3 is 10.6 Å². The molecule has 1 saturated heterocycles. The van der Waals surface area contributed by atoms with Crippen LogP contribution in [0, 0.1) is 13.8 Å². The average molecular weight is 281 g/mol. The Kier molecular flexibility index (Phi) is 4.45. The van der Waals surface area contributed by atoms with Crippen molar-refractivity contribution in [3.8, 4) is 0 Å². The molecule has 1 aliphatic rings. The molecular formula is C13H19N3S2. The van der Waals surface area contributed by atoms with Crippen molar-refractivity contribution in [2.75, 3.05) is 29.5 Å². The molecule has 3 nitrogen and oxygen atoms in total. The standard InChI is InChI=1S/C13H19N3S2/c1-9-8-10(2)15-13(11(9)12(14)17)16-4-3-6-18-7-5-16/h8H,3-7H2,1-2H3,(H2,14,17). The van der Waals surface area contributed by atoms with E-state index in [0.717, 1.165) is 41.5 Å². The number of thiocarbonyl (C=S) groups is 1. The fourth-order valence-electron chi connectivity index (χ4n) is 2.31. The molecule has 0 saturated carbocycles. The fraction of sp³-hybridized carbons (Fsp3) is 0.538. The van der Waals surface area contributed by atoms with Crippen LogP contribution in [0.15, 0.2) is 6.07 Å². The molecule has 0 radical (unpaired) electrons. The van der Waals surface area contributed by atoms with Gasteiger partial charge in [-0.25, -0.2) is 4.98 Å². The summed E-state index contributed by atoms with van der Waals surface area (Å²) >= 11 is 7.19. The molecule has 18 heavy (non-hydrogen) atoms. The minimum Gasteiger partial charge on any atom is -0.389 e. The SMILES string of the molecule is Cc1cc(C)c(C(N)=S)c(N2CCCSCC2)n1. The van der Waals surface area contributed by atoms with Gasteiger partial charge in [0.05, 0.1) is 5.56 Å². The molecule has 2 rings (SSSR count). The van der Waals surface area contributed by atoms with Crippen LogP contribution in [0.3, 0.4) is 0 Å². The minimum atomic E-state index is 0.451. The normalized spacial score (nSPS) is 16.4. The second-order valence-electron chi connectivity index (χ2n) is 4.60. The molecule has 0 atom stereocenters. The van der Waals surface area contributed by atoms with Crippen molar-refractivity contribution in [3.05, 3.63) is 22.9 Å². The predicted molar refractivity (Wildman–Crippen MR) is 83.8 cm³/mol. The van der Waals surface area contributed by atoms with E-state index in [1.165, 1.54) is 12.2 Å². The Morgan fingerprint density at radius 2 is 2.17 bits per heavy atom. The first-order valence-electron chi connectivity index (χ1n) is 6.20. The van der Waals surface area contributed by atoms with Gasteiger partial charge >= 0.3 is 0 Å². The number of nitrogens with zero attached hydrogens (tertiary/aromatic N) is 2. The van der Waals surface area contributed by atoms with Crippen LogP contribution in [0.5, 0.6) is 0 Å². The summed E-state index contributed by atoms with van der Waals surface area (Å²) in [5.74, 6) is 3.34. The number of pyridine rings is 1. The van der Waals surface area contributed by atoms with Crippen molar-refractivity contribution in [1.29, 1.82) is 0 Å². The first-order valence-corrected chi connectivity index (χ1v) is 7.76. The number of aryl methyl sites for hydroxylation is 2. The molecule has 2 heterocycles. The van der Waals surface area contributed by atoms with Gasteiger partial charge in [0.15, 0.2) is 0 Å². The summed E-state index contributed by atoms with van der Waals surface area (Å²) in [6, 6.07) is 2.05. The van der Waals surface area contributed by atoms with Crippen molar-refractivity contribution < 1.29 is 0 Å². The predicted octanol–water partition coefficient (Wildman–Crippen LogP) is 2.28. The molecule has 1 aliphatic heterocycles. The lowest BCUT2D eigenvalue weighted by atomic mass is 10.1. The van der Waals surface area contributed by atoms with Gasteiger partial charge in [-0.1, -0.05) is 12.2 Å². The molecule has 2 N–H and O–H groups in total. The third kappa shape index (κ3) is 2.95. The highest BCUT2D eigenvalue weighted by Gasteiger charge is 2.18. The average Bonchev–Trinajstić information content (AvgIpc) is 2.55. The zero-order valence-electron chi connectivity index (χ0n) is 10.9. The first-order chi connectivity index (χ1) is 8.59. The Balaban J connectivity index is 2.43. The van der Waals surface area contributed by atoms with Crippen molar-refractivity contribution in [3.63, 3.8) is 0 Å². The second kappa shape index (κ2) is 5.89. The Bertz CT molecular complexity index is 452. The lowest BCUT2D eigenvalue weighted by Gasteiger charge is -2.25. The highest BCUT2D eigenvalue weighted by molar-refractivity contribution is 7.99. The summed E-state index contributed by atoms with van der Waals surface area (Å²) in [6.45, 7) is 6.14. The van der Waals surface area contributed by atoms with E-state index < -0.39 is 0 Å². The third-order valence-corrected chi connectivity index (χ3v) is 4.35. The van der Waals surface area contributed by atoms with E-state index in [9.17, 15) is 0 Å². The Morgan fingerprint density at radius 1 is 1.39 bits per heavy atom. The largest absolute Gasteiger partial charge is 0.389 e. The van der Waals surface area contributed by atoms with Crippen LogP contribution < -0.4 is 10.6 Å². The first kappa shape index (κ1) is 13.6. The maximum Gasteiger partial charge on any atom is 0.139 e. The van der Waals surface area contributed by atoms with Gasteiger partial charge in [-0.05, 0) is 37.7 Å². The van der Waals surface area contributed by atoms with Gasteiger partial charge in [0.1, 0.15) is 10.8 Å². The summed E-state index contributed by atoms with van der Waals surface area (Å²) < 4.78 is 0. The fourth-order valence-corrected chi connectivity index (χ4v) is 3.45. The molecule has 0 spiro atoms. The summed E-state index contributed by atoms with van der Waals surface area (Å²) in [5, 5.41) is 0. The van der Waals surface area contributed by atoms with E-state index in [-0.39, 0.29) is 0 Å². The zero-order chi connectivity index (χ0) is 13.1. The maximum absolute atomic E-state index is 5.87. The quantitative estimate of drug-likeness (QED) is 0.842. The number of hydrogen-bond acceptors (Lipinski definition) is 4. The molecule has 0 bridgehead atoms. The molecule has 0 unspecified atom stereocenters. The molecule has 98 valence electrons. The van der Waals surface area contributed by atoms with Crippen molar-refractivity contribution >= 4 is 34.8 Å². The van der Waals surface area contributed by atoms with Crippen molar-refractivity contribution in [2.24, 2.45) is 5.73 Å².